The fourth-order valence-electron chi connectivity index (χ4n) is 1.98. The SMILES string of the molecule is CSCCCOc1ccccc1N(CCSC)CCSC. The third-order valence-electron chi connectivity index (χ3n) is 3.09. The summed E-state index contributed by atoms with van der Waals surface area (Å²) in [7, 11) is 0. The highest BCUT2D eigenvalue weighted by Gasteiger charge is 2.11. The minimum Gasteiger partial charge on any atom is -0.491 e. The van der Waals surface area contributed by atoms with E-state index in [1.54, 1.807) is 0 Å². The van der Waals surface area contributed by atoms with Gasteiger partial charge in [0.1, 0.15) is 5.75 Å². The van der Waals surface area contributed by atoms with Gasteiger partial charge in [0.15, 0.2) is 0 Å². The van der Waals surface area contributed by atoms with Gasteiger partial charge in [-0.2, -0.15) is 35.3 Å². The van der Waals surface area contributed by atoms with Gasteiger partial charge in [-0.05, 0) is 43.1 Å². The fraction of sp³-hybridized carbons (Fsp3) is 0.625. The molecule has 0 unspecified atom stereocenters. The first-order valence-corrected chi connectivity index (χ1v) is 11.4. The standard InChI is InChI=1S/C16H27NOS3/c1-19-12-6-11-18-16-8-5-4-7-15(16)17(9-13-20-2)10-14-21-3/h4-5,7-8H,6,9-14H2,1-3H3. The summed E-state index contributed by atoms with van der Waals surface area (Å²) < 4.78 is 6.01. The van der Waals surface area contributed by atoms with Crippen LogP contribution in [0.3, 0.4) is 0 Å². The first-order chi connectivity index (χ1) is 10.3. The van der Waals surface area contributed by atoms with Crippen LogP contribution in [0.4, 0.5) is 5.69 Å². The molecule has 2 nitrogen and oxygen atoms in total. The van der Waals surface area contributed by atoms with Crippen LogP contribution in [0.25, 0.3) is 0 Å². The normalized spacial score (nSPS) is 10.6. The highest BCUT2D eigenvalue weighted by atomic mass is 32.2. The highest BCUT2D eigenvalue weighted by molar-refractivity contribution is 7.99. The lowest BCUT2D eigenvalue weighted by Gasteiger charge is -2.26. The summed E-state index contributed by atoms with van der Waals surface area (Å²) in [4.78, 5) is 2.46. The molecule has 0 spiro atoms. The number of benzene rings is 1. The van der Waals surface area contributed by atoms with Gasteiger partial charge in [-0.25, -0.2) is 0 Å². The Labute approximate surface area is 142 Å². The smallest absolute Gasteiger partial charge is 0.142 e. The Kier molecular flexibility index (Phi) is 11.2. The number of nitrogens with zero attached hydrogens (tertiary/aromatic N) is 1. The van der Waals surface area contributed by atoms with E-state index in [4.69, 9.17) is 4.74 Å². The molecule has 1 aromatic rings. The van der Waals surface area contributed by atoms with E-state index in [0.717, 1.165) is 49.1 Å². The van der Waals surface area contributed by atoms with E-state index >= 15 is 0 Å². The van der Waals surface area contributed by atoms with Crippen LogP contribution in [0.1, 0.15) is 6.42 Å². The monoisotopic (exact) mass is 345 g/mol. The van der Waals surface area contributed by atoms with Crippen molar-refractivity contribution in [1.29, 1.82) is 0 Å². The molecular formula is C16H27NOS3. The number of para-hydroxylation sites is 2. The molecule has 5 heteroatoms. The Bertz CT molecular complexity index is 368. The molecule has 0 aliphatic heterocycles. The summed E-state index contributed by atoms with van der Waals surface area (Å²) in [5.74, 6) is 4.48. The van der Waals surface area contributed by atoms with E-state index in [2.05, 4.69) is 47.9 Å². The molecule has 0 aliphatic rings. The Morgan fingerprint density at radius 3 is 2.14 bits per heavy atom. The molecule has 0 atom stereocenters. The van der Waals surface area contributed by atoms with Gasteiger partial charge in [-0.3, -0.25) is 0 Å². The van der Waals surface area contributed by atoms with Crippen LogP contribution in [-0.4, -0.2) is 55.7 Å². The summed E-state index contributed by atoms with van der Waals surface area (Å²) >= 11 is 5.67. The number of rotatable bonds is 12. The maximum absolute atomic E-state index is 6.01. The van der Waals surface area contributed by atoms with Gasteiger partial charge in [0.05, 0.1) is 12.3 Å². The van der Waals surface area contributed by atoms with Crippen molar-refractivity contribution in [3.05, 3.63) is 24.3 Å². The third kappa shape index (κ3) is 7.61. The van der Waals surface area contributed by atoms with Crippen molar-refractivity contribution >= 4 is 41.0 Å². The first kappa shape index (κ1) is 18.9. The maximum atomic E-state index is 6.01. The topological polar surface area (TPSA) is 12.5 Å². The second-order valence-electron chi connectivity index (χ2n) is 4.64. The van der Waals surface area contributed by atoms with Gasteiger partial charge in [0.25, 0.3) is 0 Å². The zero-order valence-corrected chi connectivity index (χ0v) is 15.8. The minimum absolute atomic E-state index is 0.802. The summed E-state index contributed by atoms with van der Waals surface area (Å²) in [6, 6.07) is 8.45. The van der Waals surface area contributed by atoms with Crippen LogP contribution in [-0.2, 0) is 0 Å². The number of ether oxygens (including phenoxy) is 1. The van der Waals surface area contributed by atoms with Crippen molar-refractivity contribution in [3.63, 3.8) is 0 Å². The molecule has 120 valence electrons. The molecule has 0 saturated heterocycles. The lowest BCUT2D eigenvalue weighted by Crippen LogP contribution is -2.28. The van der Waals surface area contributed by atoms with Gasteiger partial charge in [-0.15, -0.1) is 0 Å². The second kappa shape index (κ2) is 12.4. The molecule has 0 saturated carbocycles. The molecule has 1 aromatic carbocycles. The van der Waals surface area contributed by atoms with Crippen molar-refractivity contribution in [3.8, 4) is 5.75 Å². The van der Waals surface area contributed by atoms with Gasteiger partial charge in [0, 0.05) is 24.6 Å². The number of hydrogen-bond donors (Lipinski definition) is 0. The van der Waals surface area contributed by atoms with E-state index in [-0.39, 0.29) is 0 Å². The predicted octanol–water partition coefficient (Wildman–Crippen LogP) is 4.35. The molecule has 0 heterocycles. The molecule has 0 fully saturated rings. The van der Waals surface area contributed by atoms with E-state index in [1.165, 1.54) is 5.69 Å². The van der Waals surface area contributed by atoms with Gasteiger partial charge in [0.2, 0.25) is 0 Å². The summed E-state index contributed by atoms with van der Waals surface area (Å²) in [5, 5.41) is 0. The van der Waals surface area contributed by atoms with Gasteiger partial charge < -0.3 is 9.64 Å². The van der Waals surface area contributed by atoms with Crippen LogP contribution in [0.15, 0.2) is 24.3 Å². The van der Waals surface area contributed by atoms with Crippen LogP contribution in [0.2, 0.25) is 0 Å². The van der Waals surface area contributed by atoms with Crippen LogP contribution >= 0.6 is 35.3 Å². The van der Waals surface area contributed by atoms with Crippen molar-refractivity contribution in [1.82, 2.24) is 0 Å². The Balaban J connectivity index is 2.70. The Hall–Kier alpha value is -0.130. The molecular weight excluding hydrogens is 318 g/mol. The number of thioether (sulfide) groups is 3. The molecule has 0 N–H and O–H groups in total. The van der Waals surface area contributed by atoms with Gasteiger partial charge >= 0.3 is 0 Å². The number of anilines is 1. The second-order valence-corrected chi connectivity index (χ2v) is 7.59. The first-order valence-electron chi connectivity index (χ1n) is 7.27. The largest absolute Gasteiger partial charge is 0.491 e. The van der Waals surface area contributed by atoms with Gasteiger partial charge in [-0.1, -0.05) is 12.1 Å². The van der Waals surface area contributed by atoms with E-state index < -0.39 is 0 Å². The Morgan fingerprint density at radius 1 is 0.905 bits per heavy atom. The van der Waals surface area contributed by atoms with E-state index in [9.17, 15) is 0 Å². The van der Waals surface area contributed by atoms with Crippen molar-refractivity contribution in [2.45, 2.75) is 6.42 Å². The lowest BCUT2D eigenvalue weighted by molar-refractivity contribution is 0.319. The molecule has 0 bridgehead atoms. The van der Waals surface area contributed by atoms with Crippen LogP contribution in [0.5, 0.6) is 5.75 Å². The zero-order valence-electron chi connectivity index (χ0n) is 13.3. The summed E-state index contributed by atoms with van der Waals surface area (Å²) in [5.41, 5.74) is 1.24. The Morgan fingerprint density at radius 2 is 1.52 bits per heavy atom. The fourth-order valence-corrected chi connectivity index (χ4v) is 3.19. The molecule has 0 amide bonds. The molecule has 0 aromatic heterocycles. The highest BCUT2D eigenvalue weighted by Crippen LogP contribution is 2.28. The maximum Gasteiger partial charge on any atom is 0.142 e. The molecule has 0 aliphatic carbocycles. The van der Waals surface area contributed by atoms with Crippen molar-refractivity contribution in [2.24, 2.45) is 0 Å². The van der Waals surface area contributed by atoms with Crippen molar-refractivity contribution in [2.75, 3.05) is 60.6 Å². The lowest BCUT2D eigenvalue weighted by atomic mass is 10.2. The van der Waals surface area contributed by atoms with Crippen LogP contribution < -0.4 is 9.64 Å². The molecule has 1 rings (SSSR count). The molecule has 0 radical (unpaired) electrons. The average Bonchev–Trinajstić information content (AvgIpc) is 2.52. The summed E-state index contributed by atoms with van der Waals surface area (Å²) in [6.07, 6.45) is 7.57. The third-order valence-corrected chi connectivity index (χ3v) is 4.97. The zero-order chi connectivity index (χ0) is 15.3. The van der Waals surface area contributed by atoms with E-state index in [1.807, 2.05) is 35.3 Å². The minimum atomic E-state index is 0.802. The number of hydrogen-bond acceptors (Lipinski definition) is 5. The quantitative estimate of drug-likeness (QED) is 0.521. The molecule has 21 heavy (non-hydrogen) atoms. The average molecular weight is 346 g/mol. The van der Waals surface area contributed by atoms with Crippen molar-refractivity contribution < 1.29 is 4.74 Å². The van der Waals surface area contributed by atoms with E-state index in [0.29, 0.717) is 0 Å². The summed E-state index contributed by atoms with van der Waals surface area (Å²) in [6.45, 7) is 2.95. The van der Waals surface area contributed by atoms with Crippen LogP contribution in [0, 0.1) is 0 Å². The predicted molar refractivity (Wildman–Crippen MR) is 104 cm³/mol.